The number of piperidine rings is 1. The molecule has 144 valence electrons. The van der Waals surface area contributed by atoms with Gasteiger partial charge >= 0.3 is 0 Å². The minimum atomic E-state index is -0.427. The zero-order valence-electron chi connectivity index (χ0n) is 15.4. The predicted molar refractivity (Wildman–Crippen MR) is 105 cm³/mol. The van der Waals surface area contributed by atoms with E-state index in [1.807, 2.05) is 24.3 Å². The van der Waals surface area contributed by atoms with Crippen molar-refractivity contribution in [1.29, 1.82) is 0 Å². The normalized spacial score (nSPS) is 17.0. The molecule has 2 amide bonds. The third-order valence-electron chi connectivity index (χ3n) is 5.27. The molecular formula is C21H22N4O3. The Bertz CT molecular complexity index is 1040. The average Bonchev–Trinajstić information content (AvgIpc) is 3.15. The lowest BCUT2D eigenvalue weighted by Crippen LogP contribution is -2.40. The number of hydrogen-bond acceptors (Lipinski definition) is 4. The Kier molecular flexibility index (Phi) is 4.73. The highest BCUT2D eigenvalue weighted by Gasteiger charge is 2.30. The van der Waals surface area contributed by atoms with E-state index in [0.717, 1.165) is 29.4 Å². The third-order valence-corrected chi connectivity index (χ3v) is 5.27. The molecule has 2 heterocycles. The molecule has 1 saturated heterocycles. The maximum absolute atomic E-state index is 13.3. The topological polar surface area (TPSA) is 101 Å². The molecule has 7 heteroatoms. The van der Waals surface area contributed by atoms with Gasteiger partial charge in [0.15, 0.2) is 0 Å². The van der Waals surface area contributed by atoms with Gasteiger partial charge in [-0.15, -0.1) is 0 Å². The summed E-state index contributed by atoms with van der Waals surface area (Å²) in [6.45, 7) is 1.18. The Balaban J connectivity index is 1.63. The second-order valence-electron chi connectivity index (χ2n) is 7.15. The van der Waals surface area contributed by atoms with Gasteiger partial charge in [0.1, 0.15) is 18.1 Å². The fraction of sp³-hybridized carbons (Fsp3) is 0.286. The first-order valence-electron chi connectivity index (χ1n) is 9.34. The van der Waals surface area contributed by atoms with Crippen molar-refractivity contribution >= 4 is 22.6 Å². The maximum atomic E-state index is 13.3. The van der Waals surface area contributed by atoms with Gasteiger partial charge in [-0.05, 0) is 29.7 Å². The molecular weight excluding hydrogens is 356 g/mol. The Morgan fingerprint density at radius 1 is 1.21 bits per heavy atom. The molecule has 1 atom stereocenters. The molecule has 2 aromatic carbocycles. The van der Waals surface area contributed by atoms with Crippen molar-refractivity contribution < 1.29 is 14.7 Å². The van der Waals surface area contributed by atoms with Crippen molar-refractivity contribution in [2.75, 3.05) is 13.1 Å². The number of aromatic nitrogens is 2. The number of carbonyl (C=O) groups excluding carboxylic acids is 2. The number of benzene rings is 2. The summed E-state index contributed by atoms with van der Waals surface area (Å²) in [7, 11) is 0. The lowest BCUT2D eigenvalue weighted by atomic mass is 9.95. The van der Waals surface area contributed by atoms with E-state index in [1.165, 1.54) is 0 Å². The second kappa shape index (κ2) is 7.34. The SMILES string of the molecule is NC(=O)Cn1ccnc1[C@@H]1CCCN(C(=O)c2c(O)ccc3ccccc23)C1. The van der Waals surface area contributed by atoms with E-state index in [2.05, 4.69) is 4.98 Å². The van der Waals surface area contributed by atoms with Gasteiger partial charge in [0.05, 0.1) is 5.56 Å². The van der Waals surface area contributed by atoms with Crippen molar-refractivity contribution in [3.63, 3.8) is 0 Å². The number of imidazole rings is 1. The lowest BCUT2D eigenvalue weighted by Gasteiger charge is -2.33. The number of phenolic OH excluding ortho intramolecular Hbond substituents is 1. The van der Waals surface area contributed by atoms with Crippen molar-refractivity contribution in [3.8, 4) is 5.75 Å². The Morgan fingerprint density at radius 3 is 2.86 bits per heavy atom. The standard InChI is InChI=1S/C21H22N4O3/c22-18(27)13-24-11-9-23-20(24)15-5-3-10-25(12-15)21(28)19-16-6-2-1-4-14(16)7-8-17(19)26/h1-2,4,6-9,11,15,26H,3,5,10,12-13H2,(H2,22,27)/t15-/m1/s1. The van der Waals surface area contributed by atoms with Crippen LogP contribution in [0.1, 0.15) is 34.9 Å². The van der Waals surface area contributed by atoms with Crippen molar-refractivity contribution in [2.24, 2.45) is 5.73 Å². The summed E-state index contributed by atoms with van der Waals surface area (Å²) in [4.78, 5) is 30.7. The van der Waals surface area contributed by atoms with Crippen LogP contribution in [0, 0.1) is 0 Å². The number of rotatable bonds is 4. The van der Waals surface area contributed by atoms with Crippen LogP contribution in [0.4, 0.5) is 0 Å². The maximum Gasteiger partial charge on any atom is 0.258 e. The van der Waals surface area contributed by atoms with Crippen LogP contribution in [0.5, 0.6) is 5.75 Å². The summed E-state index contributed by atoms with van der Waals surface area (Å²) in [5.74, 6) is 0.152. The smallest absolute Gasteiger partial charge is 0.258 e. The van der Waals surface area contributed by atoms with Crippen LogP contribution in [0.3, 0.4) is 0 Å². The van der Waals surface area contributed by atoms with Crippen molar-refractivity contribution in [2.45, 2.75) is 25.3 Å². The number of carbonyl (C=O) groups is 2. The summed E-state index contributed by atoms with van der Waals surface area (Å²) in [6.07, 6.45) is 5.08. The van der Waals surface area contributed by atoms with Crippen LogP contribution in [0.25, 0.3) is 10.8 Å². The van der Waals surface area contributed by atoms with E-state index in [4.69, 9.17) is 5.73 Å². The Labute approximate surface area is 162 Å². The number of nitrogens with two attached hydrogens (primary N) is 1. The van der Waals surface area contributed by atoms with E-state index in [-0.39, 0.29) is 24.1 Å². The van der Waals surface area contributed by atoms with E-state index in [0.29, 0.717) is 18.7 Å². The summed E-state index contributed by atoms with van der Waals surface area (Å²) >= 11 is 0. The summed E-state index contributed by atoms with van der Waals surface area (Å²) in [5.41, 5.74) is 5.66. The number of hydrogen-bond donors (Lipinski definition) is 2. The zero-order valence-corrected chi connectivity index (χ0v) is 15.4. The molecule has 3 aromatic rings. The molecule has 3 N–H and O–H groups in total. The van der Waals surface area contributed by atoms with Gasteiger partial charge in [-0.1, -0.05) is 30.3 Å². The second-order valence-corrected chi connectivity index (χ2v) is 7.15. The van der Waals surface area contributed by atoms with Crippen LogP contribution in [0.2, 0.25) is 0 Å². The molecule has 1 aromatic heterocycles. The molecule has 0 unspecified atom stereocenters. The number of primary amides is 1. The number of fused-ring (bicyclic) bond motifs is 1. The Morgan fingerprint density at radius 2 is 2.04 bits per heavy atom. The average molecular weight is 378 g/mol. The van der Waals surface area contributed by atoms with Gasteiger partial charge in [0.2, 0.25) is 5.91 Å². The fourth-order valence-electron chi connectivity index (χ4n) is 4.00. The molecule has 28 heavy (non-hydrogen) atoms. The molecule has 0 spiro atoms. The quantitative estimate of drug-likeness (QED) is 0.727. The molecule has 0 saturated carbocycles. The van der Waals surface area contributed by atoms with Crippen LogP contribution in [0.15, 0.2) is 48.8 Å². The highest BCUT2D eigenvalue weighted by Crippen LogP contribution is 2.32. The van der Waals surface area contributed by atoms with Gasteiger partial charge in [-0.3, -0.25) is 9.59 Å². The highest BCUT2D eigenvalue weighted by atomic mass is 16.3. The first-order valence-corrected chi connectivity index (χ1v) is 9.34. The summed E-state index contributed by atoms with van der Waals surface area (Å²) in [6, 6.07) is 10.9. The predicted octanol–water partition coefficient (Wildman–Crippen LogP) is 2.25. The van der Waals surface area contributed by atoms with Crippen molar-refractivity contribution in [3.05, 3.63) is 60.2 Å². The van der Waals surface area contributed by atoms with Crippen molar-refractivity contribution in [1.82, 2.24) is 14.5 Å². The monoisotopic (exact) mass is 378 g/mol. The molecule has 0 aliphatic carbocycles. The zero-order chi connectivity index (χ0) is 19.7. The molecule has 1 aliphatic heterocycles. The minimum Gasteiger partial charge on any atom is -0.507 e. The first-order chi connectivity index (χ1) is 13.5. The summed E-state index contributed by atoms with van der Waals surface area (Å²) in [5, 5.41) is 12.0. The van der Waals surface area contributed by atoms with Crippen LogP contribution < -0.4 is 5.73 Å². The third kappa shape index (κ3) is 3.31. The van der Waals surface area contributed by atoms with Gasteiger partial charge in [0, 0.05) is 31.4 Å². The first kappa shape index (κ1) is 18.0. The van der Waals surface area contributed by atoms with Gasteiger partial charge in [0.25, 0.3) is 5.91 Å². The van der Waals surface area contributed by atoms with E-state index in [9.17, 15) is 14.7 Å². The number of likely N-dealkylation sites (tertiary alicyclic amines) is 1. The number of aromatic hydroxyl groups is 1. The largest absolute Gasteiger partial charge is 0.507 e. The number of nitrogens with zero attached hydrogens (tertiary/aromatic N) is 3. The molecule has 1 fully saturated rings. The van der Waals surface area contributed by atoms with E-state index >= 15 is 0 Å². The van der Waals surface area contributed by atoms with Gasteiger partial charge in [-0.25, -0.2) is 4.98 Å². The molecule has 0 radical (unpaired) electrons. The van der Waals surface area contributed by atoms with Crippen LogP contribution in [-0.4, -0.2) is 44.5 Å². The number of phenols is 1. The molecule has 1 aliphatic rings. The lowest BCUT2D eigenvalue weighted by molar-refractivity contribution is -0.118. The van der Waals surface area contributed by atoms with Gasteiger partial charge < -0.3 is 20.3 Å². The van der Waals surface area contributed by atoms with Crippen LogP contribution in [-0.2, 0) is 11.3 Å². The van der Waals surface area contributed by atoms with E-state index < -0.39 is 5.91 Å². The minimum absolute atomic E-state index is 0.0129. The highest BCUT2D eigenvalue weighted by molar-refractivity contribution is 6.09. The molecule has 7 nitrogen and oxygen atoms in total. The molecule has 4 rings (SSSR count). The molecule has 0 bridgehead atoms. The Hall–Kier alpha value is -3.35. The fourth-order valence-corrected chi connectivity index (χ4v) is 4.00. The van der Waals surface area contributed by atoms with Gasteiger partial charge in [-0.2, -0.15) is 0 Å². The summed E-state index contributed by atoms with van der Waals surface area (Å²) < 4.78 is 1.75. The van der Waals surface area contributed by atoms with Crippen LogP contribution >= 0.6 is 0 Å². The number of amides is 2. The van der Waals surface area contributed by atoms with E-state index in [1.54, 1.807) is 34.0 Å².